The summed E-state index contributed by atoms with van der Waals surface area (Å²) in [5.41, 5.74) is 1.12. The van der Waals surface area contributed by atoms with E-state index in [0.29, 0.717) is 11.9 Å². The third-order valence-electron chi connectivity index (χ3n) is 5.31. The highest BCUT2D eigenvalue weighted by molar-refractivity contribution is 5.24. The van der Waals surface area contributed by atoms with Gasteiger partial charge in [0.05, 0.1) is 12.1 Å². The van der Waals surface area contributed by atoms with Crippen molar-refractivity contribution in [1.29, 1.82) is 0 Å². The van der Waals surface area contributed by atoms with Gasteiger partial charge < -0.3 is 14.5 Å². The second kappa shape index (κ2) is 6.77. The number of furan rings is 1. The molecule has 0 amide bonds. The molecule has 2 aromatic heterocycles. The number of aromatic nitrogens is 2. The van der Waals surface area contributed by atoms with Crippen molar-refractivity contribution < 1.29 is 9.15 Å². The number of ether oxygens (including phenoxy) is 1. The average Bonchev–Trinajstić information content (AvgIpc) is 3.16. The monoisotopic (exact) mass is 342 g/mol. The Balaban J connectivity index is 1.26. The fraction of sp³-hybridized carbons (Fsp3) is 0.579. The van der Waals surface area contributed by atoms with E-state index in [1.54, 1.807) is 0 Å². The van der Waals surface area contributed by atoms with Gasteiger partial charge >= 0.3 is 0 Å². The molecule has 134 valence electrons. The van der Waals surface area contributed by atoms with Crippen molar-refractivity contribution in [2.75, 3.05) is 31.6 Å². The number of aryl methyl sites for hydroxylation is 2. The van der Waals surface area contributed by atoms with Crippen molar-refractivity contribution in [1.82, 2.24) is 14.9 Å². The van der Waals surface area contributed by atoms with E-state index in [9.17, 15) is 0 Å². The van der Waals surface area contributed by atoms with Crippen LogP contribution in [0.1, 0.15) is 29.9 Å². The Bertz CT molecular complexity index is 706. The lowest BCUT2D eigenvalue weighted by molar-refractivity contribution is -0.137. The van der Waals surface area contributed by atoms with Crippen LogP contribution in [0.25, 0.3) is 0 Å². The minimum atomic E-state index is 0.0391. The smallest absolute Gasteiger partial charge is 0.222 e. The molecule has 1 N–H and O–H groups in total. The summed E-state index contributed by atoms with van der Waals surface area (Å²) in [7, 11) is 0. The van der Waals surface area contributed by atoms with Gasteiger partial charge in [-0.2, -0.15) is 0 Å². The molecule has 4 rings (SSSR count). The van der Waals surface area contributed by atoms with Gasteiger partial charge in [-0.05, 0) is 50.3 Å². The molecule has 0 radical (unpaired) electrons. The van der Waals surface area contributed by atoms with Crippen LogP contribution in [0.3, 0.4) is 0 Å². The number of hydrogen-bond donors (Lipinski definition) is 1. The first-order valence-corrected chi connectivity index (χ1v) is 9.07. The molecule has 2 aliphatic rings. The molecule has 6 nitrogen and oxygen atoms in total. The van der Waals surface area contributed by atoms with E-state index >= 15 is 0 Å². The second-order valence-electron chi connectivity index (χ2n) is 7.36. The molecule has 1 spiro atoms. The first-order valence-electron chi connectivity index (χ1n) is 9.07. The van der Waals surface area contributed by atoms with Crippen LogP contribution in [0.15, 0.2) is 28.9 Å². The average molecular weight is 342 g/mol. The van der Waals surface area contributed by atoms with Crippen LogP contribution in [0.4, 0.5) is 5.95 Å². The summed E-state index contributed by atoms with van der Waals surface area (Å²) < 4.78 is 11.8. The summed E-state index contributed by atoms with van der Waals surface area (Å²) in [6, 6.07) is 4.09. The van der Waals surface area contributed by atoms with Gasteiger partial charge in [0.15, 0.2) is 0 Å². The molecule has 1 atom stereocenters. The van der Waals surface area contributed by atoms with Crippen LogP contribution >= 0.6 is 0 Å². The fourth-order valence-electron chi connectivity index (χ4n) is 4.00. The molecule has 2 saturated heterocycles. The van der Waals surface area contributed by atoms with Gasteiger partial charge in [0.25, 0.3) is 0 Å². The third kappa shape index (κ3) is 3.55. The Morgan fingerprint density at radius 1 is 1.24 bits per heavy atom. The van der Waals surface area contributed by atoms with Crippen LogP contribution in [0.2, 0.25) is 0 Å². The van der Waals surface area contributed by atoms with Crippen LogP contribution in [0, 0.1) is 19.8 Å². The maximum Gasteiger partial charge on any atom is 0.222 e. The van der Waals surface area contributed by atoms with Crippen molar-refractivity contribution in [2.45, 2.75) is 38.8 Å². The predicted molar refractivity (Wildman–Crippen MR) is 95.4 cm³/mol. The Morgan fingerprint density at radius 2 is 2.04 bits per heavy atom. The summed E-state index contributed by atoms with van der Waals surface area (Å²) in [5.74, 6) is 3.33. The van der Waals surface area contributed by atoms with Gasteiger partial charge in [-0.15, -0.1) is 0 Å². The standard InChI is InChI=1S/C19H26N4O2/c1-14-9-21-18(22-10-14)20-7-5-16-6-8-24-19(16)12-23(13-19)11-17-4-3-15(2)25-17/h3-4,9-10,16H,5-8,11-13H2,1-2H3,(H,20,21,22)/t16-/m1/s1. The van der Waals surface area contributed by atoms with Crippen LogP contribution in [-0.2, 0) is 11.3 Å². The zero-order chi connectivity index (χ0) is 17.3. The molecule has 0 unspecified atom stereocenters. The molecule has 0 aliphatic carbocycles. The first-order chi connectivity index (χ1) is 12.1. The molecule has 25 heavy (non-hydrogen) atoms. The third-order valence-corrected chi connectivity index (χ3v) is 5.31. The largest absolute Gasteiger partial charge is 0.465 e. The molecule has 2 aliphatic heterocycles. The molecule has 0 bridgehead atoms. The summed E-state index contributed by atoms with van der Waals surface area (Å²) >= 11 is 0. The van der Waals surface area contributed by atoms with Crippen molar-refractivity contribution >= 4 is 5.95 Å². The lowest BCUT2D eigenvalue weighted by Crippen LogP contribution is -2.64. The van der Waals surface area contributed by atoms with Gasteiger partial charge in [-0.25, -0.2) is 9.97 Å². The molecule has 6 heteroatoms. The van der Waals surface area contributed by atoms with Gasteiger partial charge in [0, 0.05) is 38.6 Å². The second-order valence-corrected chi connectivity index (χ2v) is 7.36. The van der Waals surface area contributed by atoms with Crippen LogP contribution < -0.4 is 5.32 Å². The van der Waals surface area contributed by atoms with Gasteiger partial charge in [-0.1, -0.05) is 0 Å². The van der Waals surface area contributed by atoms with E-state index in [-0.39, 0.29) is 5.60 Å². The molecule has 0 aromatic carbocycles. The minimum absolute atomic E-state index is 0.0391. The molecular weight excluding hydrogens is 316 g/mol. The highest BCUT2D eigenvalue weighted by Gasteiger charge is 2.52. The molecule has 4 heterocycles. The van der Waals surface area contributed by atoms with Crippen molar-refractivity contribution in [2.24, 2.45) is 5.92 Å². The summed E-state index contributed by atoms with van der Waals surface area (Å²) in [6.07, 6.45) is 5.92. The summed E-state index contributed by atoms with van der Waals surface area (Å²) in [4.78, 5) is 11.0. The van der Waals surface area contributed by atoms with Crippen molar-refractivity contribution in [3.8, 4) is 0 Å². The van der Waals surface area contributed by atoms with Gasteiger partial charge in [0.2, 0.25) is 5.95 Å². The van der Waals surface area contributed by atoms with E-state index in [1.807, 2.05) is 32.3 Å². The molecule has 2 fully saturated rings. The maximum absolute atomic E-state index is 6.15. The van der Waals surface area contributed by atoms with Gasteiger partial charge in [0.1, 0.15) is 11.5 Å². The number of anilines is 1. The van der Waals surface area contributed by atoms with E-state index in [0.717, 1.165) is 62.7 Å². The Hall–Kier alpha value is -1.92. The Morgan fingerprint density at radius 3 is 2.76 bits per heavy atom. The number of nitrogens with zero attached hydrogens (tertiary/aromatic N) is 3. The number of hydrogen-bond acceptors (Lipinski definition) is 6. The van der Waals surface area contributed by atoms with E-state index in [1.165, 1.54) is 0 Å². The van der Waals surface area contributed by atoms with Crippen molar-refractivity contribution in [3.05, 3.63) is 41.6 Å². The molecular formula is C19H26N4O2. The Labute approximate surface area is 148 Å². The highest BCUT2D eigenvalue weighted by atomic mass is 16.5. The lowest BCUT2D eigenvalue weighted by Gasteiger charge is -2.50. The topological polar surface area (TPSA) is 63.4 Å². The van der Waals surface area contributed by atoms with E-state index in [4.69, 9.17) is 9.15 Å². The van der Waals surface area contributed by atoms with Crippen LogP contribution in [-0.4, -0.2) is 46.7 Å². The van der Waals surface area contributed by atoms with E-state index in [2.05, 4.69) is 26.3 Å². The number of rotatable bonds is 6. The van der Waals surface area contributed by atoms with Crippen molar-refractivity contribution in [3.63, 3.8) is 0 Å². The SMILES string of the molecule is Cc1cnc(NCC[C@@H]2CCOC23CN(Cc2ccc(C)o2)C3)nc1. The zero-order valence-electron chi connectivity index (χ0n) is 15.0. The van der Waals surface area contributed by atoms with E-state index < -0.39 is 0 Å². The first kappa shape index (κ1) is 16.5. The lowest BCUT2D eigenvalue weighted by atomic mass is 9.79. The van der Waals surface area contributed by atoms with Crippen LogP contribution in [0.5, 0.6) is 0 Å². The summed E-state index contributed by atoms with van der Waals surface area (Å²) in [5, 5.41) is 3.33. The predicted octanol–water partition coefficient (Wildman–Crippen LogP) is 2.78. The quantitative estimate of drug-likeness (QED) is 0.871. The Kier molecular flexibility index (Phi) is 4.48. The highest BCUT2D eigenvalue weighted by Crippen LogP contribution is 2.42. The summed E-state index contributed by atoms with van der Waals surface area (Å²) in [6.45, 7) is 8.62. The number of likely N-dealkylation sites (tertiary alicyclic amines) is 1. The normalized spacial score (nSPS) is 22.2. The minimum Gasteiger partial charge on any atom is -0.465 e. The number of nitrogens with one attached hydrogen (secondary N) is 1. The molecule has 2 aromatic rings. The fourth-order valence-corrected chi connectivity index (χ4v) is 4.00. The van der Waals surface area contributed by atoms with Gasteiger partial charge in [-0.3, -0.25) is 4.90 Å². The maximum atomic E-state index is 6.15. The molecule has 0 saturated carbocycles. The zero-order valence-corrected chi connectivity index (χ0v) is 15.0.